The second kappa shape index (κ2) is 7.07. The maximum Gasteiger partial charge on any atom is 0.340 e. The summed E-state index contributed by atoms with van der Waals surface area (Å²) in [6.07, 6.45) is 1.64. The van der Waals surface area contributed by atoms with Crippen molar-refractivity contribution in [2.45, 2.75) is 6.42 Å². The molecule has 4 aromatic rings. The fraction of sp³-hybridized carbons (Fsp3) is 0.150. The number of hydrogen-bond donors (Lipinski definition) is 2. The fourth-order valence-corrected chi connectivity index (χ4v) is 3.10. The molecule has 0 fully saturated rings. The summed E-state index contributed by atoms with van der Waals surface area (Å²) in [5.74, 6) is 0.0940. The molecule has 2 N–H and O–H groups in total. The van der Waals surface area contributed by atoms with Crippen LogP contribution in [-0.2, 0) is 16.0 Å². The lowest BCUT2D eigenvalue weighted by atomic mass is 10.1. The predicted molar refractivity (Wildman–Crippen MR) is 103 cm³/mol. The Morgan fingerprint density at radius 3 is 2.79 bits per heavy atom. The van der Waals surface area contributed by atoms with Gasteiger partial charge in [-0.3, -0.25) is 10.1 Å². The molecule has 8 nitrogen and oxygen atoms in total. The first-order valence-electron chi connectivity index (χ1n) is 8.50. The fourth-order valence-electron chi connectivity index (χ4n) is 3.10. The molecule has 2 aromatic heterocycles. The number of methoxy groups -OCH3 is 2. The van der Waals surface area contributed by atoms with Gasteiger partial charge in [-0.15, -0.1) is 0 Å². The number of imidazole rings is 1. The molecule has 0 saturated carbocycles. The Morgan fingerprint density at radius 1 is 1.18 bits per heavy atom. The third-order valence-electron chi connectivity index (χ3n) is 4.39. The van der Waals surface area contributed by atoms with Crippen molar-refractivity contribution >= 4 is 39.8 Å². The topological polar surface area (TPSA) is 106 Å². The molecule has 0 bridgehead atoms. The van der Waals surface area contributed by atoms with Crippen LogP contribution in [0.15, 0.2) is 47.1 Å². The molecule has 0 aliphatic heterocycles. The van der Waals surface area contributed by atoms with Crippen LogP contribution in [0.5, 0.6) is 5.75 Å². The van der Waals surface area contributed by atoms with Crippen LogP contribution < -0.4 is 10.1 Å². The van der Waals surface area contributed by atoms with Crippen molar-refractivity contribution in [2.75, 3.05) is 19.5 Å². The van der Waals surface area contributed by atoms with Crippen LogP contribution in [-0.4, -0.2) is 36.1 Å². The molecule has 0 atom stereocenters. The summed E-state index contributed by atoms with van der Waals surface area (Å²) in [6.45, 7) is 0. The van der Waals surface area contributed by atoms with E-state index in [1.165, 1.54) is 7.11 Å². The Labute approximate surface area is 159 Å². The van der Waals surface area contributed by atoms with Crippen molar-refractivity contribution in [1.82, 2.24) is 9.97 Å². The summed E-state index contributed by atoms with van der Waals surface area (Å²) in [5, 5.41) is 3.53. The number of carbonyl (C=O) groups excluding carboxylic acids is 2. The standard InChI is InChI=1S/C20H17N3O5/c1-26-15-8-4-5-12-11(10-28-18(12)15)9-16(24)22-20-21-14-7-3-6-13(17(14)23-20)19(25)27-2/h3-8,10H,9H2,1-2H3,(H2,21,22,23,24). The average molecular weight is 379 g/mol. The molecule has 1 amide bonds. The Kier molecular flexibility index (Phi) is 4.44. The molecule has 0 aliphatic rings. The molecule has 0 saturated heterocycles. The number of nitrogens with zero attached hydrogens (tertiary/aromatic N) is 1. The van der Waals surface area contributed by atoms with Gasteiger partial charge in [0.2, 0.25) is 11.9 Å². The zero-order chi connectivity index (χ0) is 19.7. The first-order valence-corrected chi connectivity index (χ1v) is 8.50. The highest BCUT2D eigenvalue weighted by molar-refractivity contribution is 6.03. The van der Waals surface area contributed by atoms with Crippen molar-refractivity contribution in [3.8, 4) is 5.75 Å². The van der Waals surface area contributed by atoms with E-state index in [1.807, 2.05) is 12.1 Å². The smallest absolute Gasteiger partial charge is 0.340 e. The number of H-pyrrole nitrogens is 1. The van der Waals surface area contributed by atoms with Crippen molar-refractivity contribution in [3.05, 3.63) is 53.8 Å². The van der Waals surface area contributed by atoms with Crippen LogP contribution in [0.1, 0.15) is 15.9 Å². The van der Waals surface area contributed by atoms with Crippen LogP contribution in [0.2, 0.25) is 0 Å². The van der Waals surface area contributed by atoms with Gasteiger partial charge in [0, 0.05) is 10.9 Å². The van der Waals surface area contributed by atoms with E-state index in [2.05, 4.69) is 15.3 Å². The molecular weight excluding hydrogens is 362 g/mol. The van der Waals surface area contributed by atoms with Gasteiger partial charge < -0.3 is 18.9 Å². The molecule has 0 aliphatic carbocycles. The molecule has 28 heavy (non-hydrogen) atoms. The largest absolute Gasteiger partial charge is 0.493 e. The highest BCUT2D eigenvalue weighted by Gasteiger charge is 2.17. The van der Waals surface area contributed by atoms with Gasteiger partial charge in [-0.05, 0) is 18.2 Å². The lowest BCUT2D eigenvalue weighted by molar-refractivity contribution is -0.115. The summed E-state index contributed by atoms with van der Waals surface area (Å²) in [4.78, 5) is 31.7. The number of rotatable bonds is 5. The number of amides is 1. The SMILES string of the molecule is COC(=O)c1cccc2[nH]c(NC(=O)Cc3coc4c(OC)cccc34)nc12. The minimum atomic E-state index is -0.492. The van der Waals surface area contributed by atoms with Crippen molar-refractivity contribution in [3.63, 3.8) is 0 Å². The van der Waals surface area contributed by atoms with Crippen molar-refractivity contribution in [1.29, 1.82) is 0 Å². The van der Waals surface area contributed by atoms with Gasteiger partial charge in [0.1, 0.15) is 5.52 Å². The molecular formula is C20H17N3O5. The number of nitrogens with one attached hydrogen (secondary N) is 2. The minimum absolute atomic E-state index is 0.0983. The van der Waals surface area contributed by atoms with E-state index in [4.69, 9.17) is 13.9 Å². The molecule has 0 radical (unpaired) electrons. The van der Waals surface area contributed by atoms with Gasteiger partial charge >= 0.3 is 5.97 Å². The average Bonchev–Trinajstić information content (AvgIpc) is 3.30. The van der Waals surface area contributed by atoms with E-state index < -0.39 is 5.97 Å². The van der Waals surface area contributed by atoms with Gasteiger partial charge in [-0.2, -0.15) is 0 Å². The summed E-state index contributed by atoms with van der Waals surface area (Å²) >= 11 is 0. The van der Waals surface area contributed by atoms with Crippen LogP contribution in [0.3, 0.4) is 0 Å². The number of carbonyl (C=O) groups is 2. The normalized spacial score (nSPS) is 10.9. The van der Waals surface area contributed by atoms with E-state index in [1.54, 1.807) is 37.6 Å². The van der Waals surface area contributed by atoms with Gasteiger partial charge in [0.05, 0.1) is 38.0 Å². The highest BCUT2D eigenvalue weighted by Crippen LogP contribution is 2.30. The molecule has 2 aromatic carbocycles. The van der Waals surface area contributed by atoms with E-state index >= 15 is 0 Å². The quantitative estimate of drug-likeness (QED) is 0.516. The van der Waals surface area contributed by atoms with E-state index in [0.29, 0.717) is 27.9 Å². The number of aromatic amines is 1. The van der Waals surface area contributed by atoms with Crippen molar-refractivity contribution in [2.24, 2.45) is 0 Å². The van der Waals surface area contributed by atoms with Gasteiger partial charge in [-0.25, -0.2) is 9.78 Å². The molecule has 4 rings (SSSR count). The first-order chi connectivity index (χ1) is 13.6. The number of esters is 1. The Bertz CT molecular complexity index is 1190. The number of anilines is 1. The summed E-state index contributed by atoms with van der Waals surface area (Å²) in [6, 6.07) is 10.6. The van der Waals surface area contributed by atoms with E-state index in [9.17, 15) is 9.59 Å². The molecule has 0 spiro atoms. The van der Waals surface area contributed by atoms with Gasteiger partial charge in [0.25, 0.3) is 0 Å². The van der Waals surface area contributed by atoms with E-state index in [0.717, 1.165) is 10.9 Å². The predicted octanol–water partition coefficient (Wildman–Crippen LogP) is 3.29. The van der Waals surface area contributed by atoms with Crippen LogP contribution >= 0.6 is 0 Å². The second-order valence-corrected chi connectivity index (χ2v) is 6.10. The minimum Gasteiger partial charge on any atom is -0.493 e. The highest BCUT2D eigenvalue weighted by atomic mass is 16.5. The lowest BCUT2D eigenvalue weighted by Gasteiger charge is -2.02. The van der Waals surface area contributed by atoms with Crippen LogP contribution in [0.25, 0.3) is 22.0 Å². The maximum absolute atomic E-state index is 12.5. The number of fused-ring (bicyclic) bond motifs is 2. The monoisotopic (exact) mass is 379 g/mol. The summed E-state index contributed by atoms with van der Waals surface area (Å²) in [7, 11) is 2.87. The van der Waals surface area contributed by atoms with Crippen LogP contribution in [0, 0.1) is 0 Å². The Hall–Kier alpha value is -3.81. The maximum atomic E-state index is 12.5. The third-order valence-corrected chi connectivity index (χ3v) is 4.39. The molecule has 2 heterocycles. The molecule has 8 heteroatoms. The number of hydrogen-bond acceptors (Lipinski definition) is 6. The van der Waals surface area contributed by atoms with Gasteiger partial charge in [-0.1, -0.05) is 18.2 Å². The zero-order valence-electron chi connectivity index (χ0n) is 15.2. The number of aromatic nitrogens is 2. The van der Waals surface area contributed by atoms with Gasteiger partial charge in [0.15, 0.2) is 11.3 Å². The third kappa shape index (κ3) is 3.05. The number of furan rings is 1. The molecule has 0 unspecified atom stereocenters. The first kappa shape index (κ1) is 17.6. The van der Waals surface area contributed by atoms with Crippen molar-refractivity contribution < 1.29 is 23.5 Å². The zero-order valence-corrected chi connectivity index (χ0v) is 15.2. The summed E-state index contributed by atoms with van der Waals surface area (Å²) in [5.41, 5.74) is 2.71. The Balaban J connectivity index is 1.57. The lowest BCUT2D eigenvalue weighted by Crippen LogP contribution is -2.15. The summed E-state index contributed by atoms with van der Waals surface area (Å²) < 4.78 is 15.6. The number of ether oxygens (including phenoxy) is 2. The Morgan fingerprint density at radius 2 is 2.00 bits per heavy atom. The van der Waals surface area contributed by atoms with E-state index in [-0.39, 0.29) is 18.3 Å². The molecule has 142 valence electrons. The second-order valence-electron chi connectivity index (χ2n) is 6.10. The number of benzene rings is 2. The number of para-hydroxylation sites is 2. The van der Waals surface area contributed by atoms with Crippen LogP contribution in [0.4, 0.5) is 5.95 Å².